The van der Waals surface area contributed by atoms with E-state index < -0.39 is 0 Å². The van der Waals surface area contributed by atoms with Gasteiger partial charge in [0.05, 0.1) is 22.3 Å². The van der Waals surface area contributed by atoms with E-state index in [0.29, 0.717) is 22.6 Å². The summed E-state index contributed by atoms with van der Waals surface area (Å²) < 4.78 is 14.7. The molecule has 0 atom stereocenters. The number of thioether (sulfide) groups is 1. The fraction of sp³-hybridized carbons (Fsp3) is 0.192. The zero-order valence-corrected chi connectivity index (χ0v) is 19.5. The van der Waals surface area contributed by atoms with Crippen molar-refractivity contribution in [2.75, 3.05) is 12.8 Å². The Morgan fingerprint density at radius 2 is 1.76 bits per heavy atom. The molecule has 4 aromatic rings. The van der Waals surface area contributed by atoms with Gasteiger partial charge in [0.1, 0.15) is 5.82 Å². The Morgan fingerprint density at radius 3 is 2.48 bits per heavy atom. The largest absolute Gasteiger partial charge is 0.341 e. The van der Waals surface area contributed by atoms with Gasteiger partial charge >= 0.3 is 0 Å². The Kier molecular flexibility index (Phi) is 6.60. The first-order valence-electron chi connectivity index (χ1n) is 10.5. The van der Waals surface area contributed by atoms with Crippen molar-refractivity contribution in [1.29, 1.82) is 0 Å². The molecule has 0 aliphatic heterocycles. The highest BCUT2D eigenvalue weighted by Gasteiger charge is 2.17. The SMILES string of the molecule is Cc1ccc(-n2c(SCC(=O)N(C)Cc3ccc(F)cc3)nc3ccccc3c2=O)cc1C. The Morgan fingerprint density at radius 1 is 1.03 bits per heavy atom. The molecule has 3 aromatic carbocycles. The molecule has 0 unspecified atom stereocenters. The van der Waals surface area contributed by atoms with Gasteiger partial charge in [-0.15, -0.1) is 0 Å². The molecule has 7 heteroatoms. The predicted molar refractivity (Wildman–Crippen MR) is 130 cm³/mol. The second-order valence-corrected chi connectivity index (χ2v) is 8.93. The number of aromatic nitrogens is 2. The molecule has 0 bridgehead atoms. The molecule has 0 saturated carbocycles. The van der Waals surface area contributed by atoms with Gasteiger partial charge in [0.25, 0.3) is 5.56 Å². The first-order chi connectivity index (χ1) is 15.8. The van der Waals surface area contributed by atoms with Crippen LogP contribution in [0.15, 0.2) is 76.7 Å². The molecule has 0 aliphatic carbocycles. The van der Waals surface area contributed by atoms with Crippen molar-refractivity contribution in [3.8, 4) is 5.69 Å². The zero-order chi connectivity index (χ0) is 23.5. The number of benzene rings is 3. The topological polar surface area (TPSA) is 55.2 Å². The van der Waals surface area contributed by atoms with Crippen molar-refractivity contribution < 1.29 is 9.18 Å². The lowest BCUT2D eigenvalue weighted by Crippen LogP contribution is -2.28. The molecule has 0 saturated heterocycles. The van der Waals surface area contributed by atoms with Gasteiger partial charge in [0.2, 0.25) is 5.91 Å². The number of halogens is 1. The maximum absolute atomic E-state index is 13.4. The van der Waals surface area contributed by atoms with Gasteiger partial charge in [0, 0.05) is 13.6 Å². The average Bonchev–Trinajstić information content (AvgIpc) is 2.81. The maximum Gasteiger partial charge on any atom is 0.266 e. The predicted octanol–water partition coefficient (Wildman–Crippen LogP) is 4.89. The highest BCUT2D eigenvalue weighted by atomic mass is 32.2. The number of aryl methyl sites for hydroxylation is 2. The third-order valence-corrected chi connectivity index (χ3v) is 6.50. The summed E-state index contributed by atoms with van der Waals surface area (Å²) in [6, 6.07) is 19.1. The fourth-order valence-corrected chi connectivity index (χ4v) is 4.44. The highest BCUT2D eigenvalue weighted by molar-refractivity contribution is 7.99. The molecule has 168 valence electrons. The Balaban J connectivity index is 1.63. The van der Waals surface area contributed by atoms with Crippen molar-refractivity contribution in [2.45, 2.75) is 25.5 Å². The molecule has 1 aromatic heterocycles. The number of fused-ring (bicyclic) bond motifs is 1. The van der Waals surface area contributed by atoms with Crippen LogP contribution in [0.1, 0.15) is 16.7 Å². The van der Waals surface area contributed by atoms with Crippen LogP contribution in [0.25, 0.3) is 16.6 Å². The average molecular weight is 462 g/mol. The number of hydrogen-bond acceptors (Lipinski definition) is 4. The summed E-state index contributed by atoms with van der Waals surface area (Å²) in [6.07, 6.45) is 0. The highest BCUT2D eigenvalue weighted by Crippen LogP contribution is 2.23. The van der Waals surface area contributed by atoms with Crippen molar-refractivity contribution >= 4 is 28.6 Å². The number of carbonyl (C=O) groups is 1. The van der Waals surface area contributed by atoms with E-state index in [9.17, 15) is 14.0 Å². The van der Waals surface area contributed by atoms with E-state index in [1.807, 2.05) is 44.2 Å². The summed E-state index contributed by atoms with van der Waals surface area (Å²) in [5.74, 6) is -0.304. The molecule has 1 heterocycles. The Hall–Kier alpha value is -3.45. The summed E-state index contributed by atoms with van der Waals surface area (Å²) in [6.45, 7) is 4.39. The molecule has 0 fully saturated rings. The summed E-state index contributed by atoms with van der Waals surface area (Å²) >= 11 is 1.23. The van der Waals surface area contributed by atoms with Gasteiger partial charge in [-0.05, 0) is 66.9 Å². The van der Waals surface area contributed by atoms with Gasteiger partial charge in [-0.1, -0.05) is 42.1 Å². The van der Waals surface area contributed by atoms with Crippen LogP contribution in [0.4, 0.5) is 4.39 Å². The van der Waals surface area contributed by atoms with E-state index in [1.165, 1.54) is 23.9 Å². The molecule has 0 spiro atoms. The van der Waals surface area contributed by atoms with E-state index in [0.717, 1.165) is 22.4 Å². The Labute approximate surface area is 195 Å². The third kappa shape index (κ3) is 4.98. The van der Waals surface area contributed by atoms with Crippen LogP contribution in [0.5, 0.6) is 0 Å². The summed E-state index contributed by atoms with van der Waals surface area (Å²) in [4.78, 5) is 32.5. The molecule has 0 aliphatic rings. The normalized spacial score (nSPS) is 11.0. The van der Waals surface area contributed by atoms with E-state index in [1.54, 1.807) is 40.8 Å². The van der Waals surface area contributed by atoms with Crippen LogP contribution in [-0.4, -0.2) is 33.2 Å². The monoisotopic (exact) mass is 461 g/mol. The van der Waals surface area contributed by atoms with E-state index in [2.05, 4.69) is 0 Å². The maximum atomic E-state index is 13.4. The van der Waals surface area contributed by atoms with Gasteiger partial charge in [-0.2, -0.15) is 0 Å². The molecule has 1 amide bonds. The molecular weight excluding hydrogens is 437 g/mol. The lowest BCUT2D eigenvalue weighted by atomic mass is 10.1. The van der Waals surface area contributed by atoms with Crippen molar-refractivity contribution in [1.82, 2.24) is 14.5 Å². The molecule has 33 heavy (non-hydrogen) atoms. The molecular formula is C26H24FN3O2S. The van der Waals surface area contributed by atoms with E-state index >= 15 is 0 Å². The minimum atomic E-state index is -0.310. The number of rotatable bonds is 6. The number of para-hydroxylation sites is 1. The first-order valence-corrected chi connectivity index (χ1v) is 11.5. The second kappa shape index (κ2) is 9.58. The number of nitrogens with zero attached hydrogens (tertiary/aromatic N) is 3. The van der Waals surface area contributed by atoms with Gasteiger partial charge in [-0.3, -0.25) is 14.2 Å². The molecule has 5 nitrogen and oxygen atoms in total. The van der Waals surface area contributed by atoms with Gasteiger partial charge in [0.15, 0.2) is 5.16 Å². The zero-order valence-electron chi connectivity index (χ0n) is 18.7. The van der Waals surface area contributed by atoms with Crippen molar-refractivity contribution in [3.63, 3.8) is 0 Å². The number of amides is 1. The molecule has 4 rings (SSSR count). The Bertz CT molecular complexity index is 1380. The minimum Gasteiger partial charge on any atom is -0.341 e. The van der Waals surface area contributed by atoms with Crippen molar-refractivity contribution in [2.24, 2.45) is 0 Å². The van der Waals surface area contributed by atoms with Crippen LogP contribution in [-0.2, 0) is 11.3 Å². The van der Waals surface area contributed by atoms with E-state index in [4.69, 9.17) is 4.98 Å². The van der Waals surface area contributed by atoms with E-state index in [-0.39, 0.29) is 23.0 Å². The van der Waals surface area contributed by atoms with Crippen LogP contribution in [0.2, 0.25) is 0 Å². The number of carbonyl (C=O) groups excluding carboxylic acids is 1. The van der Waals surface area contributed by atoms with Crippen LogP contribution in [0.3, 0.4) is 0 Å². The second-order valence-electron chi connectivity index (χ2n) is 7.99. The summed E-state index contributed by atoms with van der Waals surface area (Å²) in [5, 5.41) is 0.991. The first kappa shape index (κ1) is 22.7. The summed E-state index contributed by atoms with van der Waals surface area (Å²) in [5.41, 5.74) is 4.19. The van der Waals surface area contributed by atoms with Crippen LogP contribution in [0, 0.1) is 19.7 Å². The molecule has 0 N–H and O–H groups in total. The lowest BCUT2D eigenvalue weighted by Gasteiger charge is -2.18. The van der Waals surface area contributed by atoms with Crippen LogP contribution >= 0.6 is 11.8 Å². The van der Waals surface area contributed by atoms with Gasteiger partial charge < -0.3 is 4.90 Å². The number of hydrogen-bond donors (Lipinski definition) is 0. The van der Waals surface area contributed by atoms with Crippen molar-refractivity contribution in [3.05, 3.63) is 99.6 Å². The lowest BCUT2D eigenvalue weighted by molar-refractivity contribution is -0.127. The van der Waals surface area contributed by atoms with Gasteiger partial charge in [-0.25, -0.2) is 9.37 Å². The third-order valence-electron chi connectivity index (χ3n) is 5.58. The van der Waals surface area contributed by atoms with Crippen LogP contribution < -0.4 is 5.56 Å². The standard InChI is InChI=1S/C26H24FN3O2S/c1-17-8-13-21(14-18(17)2)30-25(32)22-6-4-5-7-23(22)28-26(30)33-16-24(31)29(3)15-19-9-11-20(27)12-10-19/h4-14H,15-16H2,1-3H3. The summed E-state index contributed by atoms with van der Waals surface area (Å²) in [7, 11) is 1.70. The molecule has 0 radical (unpaired) electrons. The minimum absolute atomic E-state index is 0.113. The fourth-order valence-electron chi connectivity index (χ4n) is 3.49. The quantitative estimate of drug-likeness (QED) is 0.303. The smallest absolute Gasteiger partial charge is 0.266 e.